The van der Waals surface area contributed by atoms with Crippen LogP contribution in [-0.4, -0.2) is 55.3 Å². The van der Waals surface area contributed by atoms with Gasteiger partial charge in [-0.05, 0) is 56.2 Å². The van der Waals surface area contributed by atoms with E-state index >= 15 is 0 Å². The smallest absolute Gasteiger partial charge is 0.0491 e. The number of ether oxygens (including phenoxy) is 1. The number of nitrogens with zero attached hydrogens (tertiary/aromatic N) is 1. The lowest BCUT2D eigenvalue weighted by atomic mass is 9.86. The van der Waals surface area contributed by atoms with Gasteiger partial charge in [0, 0.05) is 25.8 Å². The molecule has 2 aliphatic heterocycles. The number of likely N-dealkylation sites (tertiary alicyclic amines) is 1. The second-order valence-electron chi connectivity index (χ2n) is 5.43. The fraction of sp³-hybridized carbons (Fsp3) is 1.00. The van der Waals surface area contributed by atoms with Crippen LogP contribution in [0.15, 0.2) is 0 Å². The highest BCUT2D eigenvalue weighted by molar-refractivity contribution is 7.99. The molecule has 0 radical (unpaired) electrons. The number of rotatable bonds is 4. The monoisotopic (exact) mass is 258 g/mol. The molecule has 0 amide bonds. The zero-order valence-electron chi connectivity index (χ0n) is 11.0. The standard InChI is InChI=1S/C13H26N2OS/c1-16-10-12-2-6-15(7-3-12)13(11-14)4-8-17-9-5-13/h12H,2-11,14H2,1H3. The van der Waals surface area contributed by atoms with Gasteiger partial charge in [-0.15, -0.1) is 0 Å². The van der Waals surface area contributed by atoms with Crippen molar-refractivity contribution in [3.63, 3.8) is 0 Å². The summed E-state index contributed by atoms with van der Waals surface area (Å²) in [7, 11) is 1.81. The van der Waals surface area contributed by atoms with Crippen LogP contribution in [0.4, 0.5) is 0 Å². The van der Waals surface area contributed by atoms with Crippen LogP contribution in [0.5, 0.6) is 0 Å². The lowest BCUT2D eigenvalue weighted by Gasteiger charge is -2.48. The molecule has 0 aromatic rings. The molecule has 0 atom stereocenters. The van der Waals surface area contributed by atoms with Gasteiger partial charge in [0.2, 0.25) is 0 Å². The lowest BCUT2D eigenvalue weighted by Crippen LogP contribution is -2.58. The summed E-state index contributed by atoms with van der Waals surface area (Å²) in [5.41, 5.74) is 6.41. The Labute approximate surface area is 109 Å². The van der Waals surface area contributed by atoms with E-state index in [-0.39, 0.29) is 0 Å². The van der Waals surface area contributed by atoms with E-state index in [4.69, 9.17) is 10.5 Å². The average molecular weight is 258 g/mol. The summed E-state index contributed by atoms with van der Waals surface area (Å²) in [6.45, 7) is 4.20. The van der Waals surface area contributed by atoms with Gasteiger partial charge in [-0.25, -0.2) is 0 Å². The van der Waals surface area contributed by atoms with Gasteiger partial charge in [0.1, 0.15) is 0 Å². The van der Waals surface area contributed by atoms with E-state index in [1.165, 1.54) is 50.3 Å². The Bertz CT molecular complexity index is 223. The summed E-state index contributed by atoms with van der Waals surface area (Å²) < 4.78 is 5.27. The third-order valence-electron chi connectivity index (χ3n) is 4.49. The van der Waals surface area contributed by atoms with E-state index in [2.05, 4.69) is 16.7 Å². The van der Waals surface area contributed by atoms with Crippen molar-refractivity contribution in [3.8, 4) is 0 Å². The molecule has 0 spiro atoms. The zero-order valence-corrected chi connectivity index (χ0v) is 11.8. The second-order valence-corrected chi connectivity index (χ2v) is 6.65. The highest BCUT2D eigenvalue weighted by Crippen LogP contribution is 2.34. The maximum Gasteiger partial charge on any atom is 0.0491 e. The maximum atomic E-state index is 6.09. The first kappa shape index (κ1) is 13.7. The number of hydrogen-bond acceptors (Lipinski definition) is 4. The van der Waals surface area contributed by atoms with Crippen molar-refractivity contribution >= 4 is 11.8 Å². The molecule has 0 saturated carbocycles. The van der Waals surface area contributed by atoms with Crippen molar-refractivity contribution < 1.29 is 4.74 Å². The summed E-state index contributed by atoms with van der Waals surface area (Å²) in [6, 6.07) is 0. The van der Waals surface area contributed by atoms with Gasteiger partial charge < -0.3 is 10.5 Å². The van der Waals surface area contributed by atoms with Crippen molar-refractivity contribution in [2.75, 3.05) is 44.9 Å². The van der Waals surface area contributed by atoms with Crippen LogP contribution in [0.25, 0.3) is 0 Å². The van der Waals surface area contributed by atoms with Gasteiger partial charge in [-0.1, -0.05) is 0 Å². The molecule has 0 aliphatic carbocycles. The molecule has 2 saturated heterocycles. The zero-order chi connectivity index (χ0) is 12.1. The van der Waals surface area contributed by atoms with Crippen molar-refractivity contribution in [1.82, 2.24) is 4.90 Å². The lowest BCUT2D eigenvalue weighted by molar-refractivity contribution is 0.0288. The van der Waals surface area contributed by atoms with E-state index in [0.717, 1.165) is 19.1 Å². The molecular weight excluding hydrogens is 232 g/mol. The van der Waals surface area contributed by atoms with Gasteiger partial charge in [0.25, 0.3) is 0 Å². The van der Waals surface area contributed by atoms with Crippen LogP contribution in [0.2, 0.25) is 0 Å². The summed E-state index contributed by atoms with van der Waals surface area (Å²) in [4.78, 5) is 2.68. The van der Waals surface area contributed by atoms with E-state index in [1.807, 2.05) is 7.11 Å². The molecule has 0 bridgehead atoms. The van der Waals surface area contributed by atoms with Gasteiger partial charge in [0.15, 0.2) is 0 Å². The number of piperidine rings is 1. The van der Waals surface area contributed by atoms with E-state index in [9.17, 15) is 0 Å². The molecule has 0 unspecified atom stereocenters. The van der Waals surface area contributed by atoms with Crippen molar-refractivity contribution in [3.05, 3.63) is 0 Å². The van der Waals surface area contributed by atoms with Crippen LogP contribution in [-0.2, 0) is 4.74 Å². The molecule has 2 rings (SSSR count). The third kappa shape index (κ3) is 3.16. The molecule has 4 heteroatoms. The fourth-order valence-electron chi connectivity index (χ4n) is 3.21. The molecule has 2 heterocycles. The number of methoxy groups -OCH3 is 1. The number of hydrogen-bond donors (Lipinski definition) is 1. The van der Waals surface area contributed by atoms with Crippen molar-refractivity contribution in [1.29, 1.82) is 0 Å². The molecule has 3 nitrogen and oxygen atoms in total. The fourth-order valence-corrected chi connectivity index (χ4v) is 4.46. The van der Waals surface area contributed by atoms with Crippen LogP contribution in [0.3, 0.4) is 0 Å². The summed E-state index contributed by atoms with van der Waals surface area (Å²) in [5.74, 6) is 3.34. The van der Waals surface area contributed by atoms with Crippen LogP contribution >= 0.6 is 11.8 Å². The Morgan fingerprint density at radius 2 is 1.94 bits per heavy atom. The minimum atomic E-state index is 0.323. The Hall–Kier alpha value is 0.230. The maximum absolute atomic E-state index is 6.09. The van der Waals surface area contributed by atoms with Crippen LogP contribution in [0.1, 0.15) is 25.7 Å². The van der Waals surface area contributed by atoms with E-state index < -0.39 is 0 Å². The topological polar surface area (TPSA) is 38.5 Å². The molecule has 100 valence electrons. The van der Waals surface area contributed by atoms with Gasteiger partial charge in [-0.3, -0.25) is 4.90 Å². The molecule has 17 heavy (non-hydrogen) atoms. The minimum Gasteiger partial charge on any atom is -0.384 e. The van der Waals surface area contributed by atoms with E-state index in [1.54, 1.807) is 0 Å². The minimum absolute atomic E-state index is 0.323. The van der Waals surface area contributed by atoms with Gasteiger partial charge >= 0.3 is 0 Å². The Morgan fingerprint density at radius 1 is 1.29 bits per heavy atom. The average Bonchev–Trinajstić information content (AvgIpc) is 2.41. The summed E-state index contributed by atoms with van der Waals surface area (Å²) in [6.07, 6.45) is 5.12. The molecule has 2 aliphatic rings. The summed E-state index contributed by atoms with van der Waals surface area (Å²) in [5, 5.41) is 0. The van der Waals surface area contributed by atoms with Crippen LogP contribution in [0, 0.1) is 5.92 Å². The van der Waals surface area contributed by atoms with Crippen LogP contribution < -0.4 is 5.73 Å². The van der Waals surface area contributed by atoms with Gasteiger partial charge in [0.05, 0.1) is 0 Å². The second kappa shape index (κ2) is 6.41. The predicted octanol–water partition coefficient (Wildman–Crippen LogP) is 1.57. The normalized spacial score (nSPS) is 27.2. The third-order valence-corrected chi connectivity index (χ3v) is 5.48. The molecule has 0 aromatic heterocycles. The Balaban J connectivity index is 1.89. The molecule has 2 N–H and O–H groups in total. The molecule has 2 fully saturated rings. The highest BCUT2D eigenvalue weighted by atomic mass is 32.2. The quantitative estimate of drug-likeness (QED) is 0.831. The largest absolute Gasteiger partial charge is 0.384 e. The number of thioether (sulfide) groups is 1. The van der Waals surface area contributed by atoms with E-state index in [0.29, 0.717) is 5.54 Å². The number of nitrogens with two attached hydrogens (primary N) is 1. The Kier molecular flexibility index (Phi) is 5.15. The molecule has 0 aromatic carbocycles. The first-order valence-corrected chi connectivity index (χ1v) is 7.98. The summed E-state index contributed by atoms with van der Waals surface area (Å²) >= 11 is 2.08. The first-order chi connectivity index (χ1) is 8.30. The van der Waals surface area contributed by atoms with Crippen molar-refractivity contribution in [2.45, 2.75) is 31.2 Å². The molecular formula is C13H26N2OS. The SMILES string of the molecule is COCC1CCN(C2(CN)CCSCC2)CC1. The highest BCUT2D eigenvalue weighted by Gasteiger charge is 2.38. The van der Waals surface area contributed by atoms with Gasteiger partial charge in [-0.2, -0.15) is 11.8 Å². The predicted molar refractivity (Wildman–Crippen MR) is 74.5 cm³/mol. The Morgan fingerprint density at radius 3 is 2.47 bits per heavy atom. The first-order valence-electron chi connectivity index (χ1n) is 6.82. The van der Waals surface area contributed by atoms with Crippen molar-refractivity contribution in [2.24, 2.45) is 11.7 Å².